The first-order chi connectivity index (χ1) is 12.2. The molecular formula is C19H32N4O2. The van der Waals surface area contributed by atoms with Gasteiger partial charge in [0.1, 0.15) is 5.75 Å². The molecule has 25 heavy (non-hydrogen) atoms. The highest BCUT2D eigenvalue weighted by atomic mass is 16.5. The molecule has 0 saturated carbocycles. The number of unbranched alkanes of at least 4 members (excludes halogenated alkanes) is 1. The molecule has 0 aliphatic carbocycles. The molecule has 1 aromatic carbocycles. The Bertz CT molecular complexity index is 530. The van der Waals surface area contributed by atoms with Crippen molar-refractivity contribution in [3.05, 3.63) is 29.8 Å². The van der Waals surface area contributed by atoms with E-state index in [1.165, 1.54) is 6.42 Å². The Labute approximate surface area is 151 Å². The van der Waals surface area contributed by atoms with Gasteiger partial charge < -0.3 is 19.7 Å². The zero-order valence-corrected chi connectivity index (χ0v) is 15.8. The first-order valence-corrected chi connectivity index (χ1v) is 9.08. The van der Waals surface area contributed by atoms with Gasteiger partial charge >= 0.3 is 0 Å². The summed E-state index contributed by atoms with van der Waals surface area (Å²) in [6.07, 6.45) is 2.33. The monoisotopic (exact) mass is 348 g/mol. The van der Waals surface area contributed by atoms with Gasteiger partial charge in [-0.2, -0.15) is 0 Å². The minimum absolute atomic E-state index is 0.761. The summed E-state index contributed by atoms with van der Waals surface area (Å²) in [7, 11) is 5.59. The van der Waals surface area contributed by atoms with Gasteiger partial charge in [0, 0.05) is 45.8 Å². The molecule has 0 unspecified atom stereocenters. The van der Waals surface area contributed by atoms with Gasteiger partial charge in [-0.05, 0) is 25.5 Å². The third kappa shape index (κ3) is 6.55. The molecule has 1 aromatic rings. The molecule has 0 bridgehead atoms. The van der Waals surface area contributed by atoms with Crippen LogP contribution in [0.2, 0.25) is 0 Å². The minimum atomic E-state index is 0.761. The van der Waals surface area contributed by atoms with E-state index in [0.29, 0.717) is 0 Å². The highest BCUT2D eigenvalue weighted by Crippen LogP contribution is 2.18. The average Bonchev–Trinajstić information content (AvgIpc) is 2.66. The normalized spacial score (nSPS) is 15.9. The van der Waals surface area contributed by atoms with Crippen LogP contribution in [0, 0.1) is 0 Å². The van der Waals surface area contributed by atoms with Crippen LogP contribution in [0.3, 0.4) is 0 Å². The zero-order valence-electron chi connectivity index (χ0n) is 15.8. The minimum Gasteiger partial charge on any atom is -0.496 e. The number of nitrogens with one attached hydrogen (secondary N) is 1. The number of benzene rings is 1. The van der Waals surface area contributed by atoms with Crippen molar-refractivity contribution in [2.45, 2.75) is 19.4 Å². The van der Waals surface area contributed by atoms with Crippen LogP contribution in [0.4, 0.5) is 0 Å². The van der Waals surface area contributed by atoms with Crippen LogP contribution >= 0.6 is 0 Å². The summed E-state index contributed by atoms with van der Waals surface area (Å²) in [4.78, 5) is 8.99. The summed E-state index contributed by atoms with van der Waals surface area (Å²) < 4.78 is 10.8. The third-order valence-corrected chi connectivity index (χ3v) is 4.46. The third-order valence-electron chi connectivity index (χ3n) is 4.46. The van der Waals surface area contributed by atoms with Crippen molar-refractivity contribution < 1.29 is 9.47 Å². The second kappa shape index (κ2) is 10.9. The number of methoxy groups -OCH3 is 1. The topological polar surface area (TPSA) is 49.3 Å². The van der Waals surface area contributed by atoms with Crippen LogP contribution in [0.25, 0.3) is 0 Å². The zero-order chi connectivity index (χ0) is 17.9. The SMILES string of the molecule is CN=C(NCCCCN1CCOCC1)N(C)Cc1ccccc1OC. The van der Waals surface area contributed by atoms with Gasteiger partial charge in [0.15, 0.2) is 5.96 Å². The highest BCUT2D eigenvalue weighted by Gasteiger charge is 2.11. The van der Waals surface area contributed by atoms with E-state index in [9.17, 15) is 0 Å². The lowest BCUT2D eigenvalue weighted by Gasteiger charge is -2.26. The number of guanidine groups is 1. The van der Waals surface area contributed by atoms with Crippen LogP contribution < -0.4 is 10.1 Å². The van der Waals surface area contributed by atoms with E-state index in [1.54, 1.807) is 7.11 Å². The summed E-state index contributed by atoms with van der Waals surface area (Å²) in [6, 6.07) is 8.10. The van der Waals surface area contributed by atoms with E-state index in [0.717, 1.165) is 69.6 Å². The van der Waals surface area contributed by atoms with E-state index in [4.69, 9.17) is 9.47 Å². The second-order valence-corrected chi connectivity index (χ2v) is 6.30. The summed E-state index contributed by atoms with van der Waals surface area (Å²) in [5, 5.41) is 3.46. The predicted molar refractivity (Wildman–Crippen MR) is 102 cm³/mol. The van der Waals surface area contributed by atoms with Crippen molar-refractivity contribution in [3.8, 4) is 5.75 Å². The first kappa shape index (κ1) is 19.5. The van der Waals surface area contributed by atoms with Crippen LogP contribution in [-0.2, 0) is 11.3 Å². The lowest BCUT2D eigenvalue weighted by molar-refractivity contribution is 0.0372. The summed E-state index contributed by atoms with van der Waals surface area (Å²) in [6.45, 7) is 6.73. The summed E-state index contributed by atoms with van der Waals surface area (Å²) in [5.41, 5.74) is 1.16. The molecule has 1 saturated heterocycles. The standard InChI is InChI=1S/C19H32N4O2/c1-20-19(21-10-6-7-11-23-12-14-25-15-13-23)22(2)16-17-8-4-5-9-18(17)24-3/h4-5,8-9H,6-7,10-16H2,1-3H3,(H,20,21). The van der Waals surface area contributed by atoms with Gasteiger partial charge in [0.2, 0.25) is 0 Å². The number of para-hydroxylation sites is 1. The van der Waals surface area contributed by atoms with Crippen LogP contribution in [0.1, 0.15) is 18.4 Å². The second-order valence-electron chi connectivity index (χ2n) is 6.30. The van der Waals surface area contributed by atoms with Gasteiger partial charge in [-0.15, -0.1) is 0 Å². The molecule has 2 rings (SSSR count). The lowest BCUT2D eigenvalue weighted by Crippen LogP contribution is -2.39. The Morgan fingerprint density at radius 2 is 2.04 bits per heavy atom. The number of rotatable bonds is 8. The fourth-order valence-corrected chi connectivity index (χ4v) is 3.03. The van der Waals surface area contributed by atoms with Crippen molar-refractivity contribution in [2.24, 2.45) is 4.99 Å². The van der Waals surface area contributed by atoms with E-state index in [1.807, 2.05) is 25.2 Å². The van der Waals surface area contributed by atoms with Crippen LogP contribution in [0.15, 0.2) is 29.3 Å². The number of aliphatic imine (C=N–C) groups is 1. The van der Waals surface area contributed by atoms with Crippen molar-refractivity contribution in [3.63, 3.8) is 0 Å². The molecule has 140 valence electrons. The molecule has 6 heteroatoms. The molecule has 0 spiro atoms. The van der Waals surface area contributed by atoms with Crippen molar-refractivity contribution >= 4 is 5.96 Å². The van der Waals surface area contributed by atoms with E-state index >= 15 is 0 Å². The smallest absolute Gasteiger partial charge is 0.193 e. The molecule has 1 aliphatic rings. The van der Waals surface area contributed by atoms with Gasteiger partial charge in [-0.1, -0.05) is 18.2 Å². The highest BCUT2D eigenvalue weighted by molar-refractivity contribution is 5.79. The quantitative estimate of drug-likeness (QED) is 0.441. The van der Waals surface area contributed by atoms with Gasteiger partial charge in [-0.25, -0.2) is 0 Å². The molecule has 1 fully saturated rings. The molecule has 0 radical (unpaired) electrons. The van der Waals surface area contributed by atoms with Gasteiger partial charge in [0.05, 0.1) is 20.3 Å². The van der Waals surface area contributed by atoms with Crippen LogP contribution in [0.5, 0.6) is 5.75 Å². The molecule has 1 heterocycles. The fourth-order valence-electron chi connectivity index (χ4n) is 3.03. The number of ether oxygens (including phenoxy) is 2. The number of nitrogens with zero attached hydrogens (tertiary/aromatic N) is 3. The number of hydrogen-bond acceptors (Lipinski definition) is 4. The Morgan fingerprint density at radius 3 is 2.76 bits per heavy atom. The van der Waals surface area contributed by atoms with E-state index < -0.39 is 0 Å². The van der Waals surface area contributed by atoms with Gasteiger partial charge in [-0.3, -0.25) is 9.89 Å². The maximum atomic E-state index is 5.43. The first-order valence-electron chi connectivity index (χ1n) is 9.08. The maximum Gasteiger partial charge on any atom is 0.193 e. The molecular weight excluding hydrogens is 316 g/mol. The summed E-state index contributed by atoms with van der Waals surface area (Å²) in [5.74, 6) is 1.83. The van der Waals surface area contributed by atoms with Crippen molar-refractivity contribution in [1.29, 1.82) is 0 Å². The van der Waals surface area contributed by atoms with E-state index in [2.05, 4.69) is 33.2 Å². The number of morpholine rings is 1. The van der Waals surface area contributed by atoms with Crippen molar-refractivity contribution in [2.75, 3.05) is 60.6 Å². The molecule has 0 aromatic heterocycles. The predicted octanol–water partition coefficient (Wildman–Crippen LogP) is 1.81. The number of hydrogen-bond donors (Lipinski definition) is 1. The van der Waals surface area contributed by atoms with Crippen molar-refractivity contribution in [1.82, 2.24) is 15.1 Å². The largest absolute Gasteiger partial charge is 0.496 e. The lowest BCUT2D eigenvalue weighted by atomic mass is 10.2. The summed E-state index contributed by atoms with van der Waals surface area (Å²) >= 11 is 0. The Hall–Kier alpha value is -1.79. The molecule has 0 atom stereocenters. The molecule has 0 amide bonds. The Balaban J connectivity index is 1.70. The fraction of sp³-hybridized carbons (Fsp3) is 0.632. The molecule has 1 aliphatic heterocycles. The van der Waals surface area contributed by atoms with Crippen LogP contribution in [-0.4, -0.2) is 76.4 Å². The van der Waals surface area contributed by atoms with Gasteiger partial charge in [0.25, 0.3) is 0 Å². The molecule has 1 N–H and O–H groups in total. The maximum absolute atomic E-state index is 5.43. The Kier molecular flexibility index (Phi) is 8.55. The Morgan fingerprint density at radius 1 is 1.28 bits per heavy atom. The average molecular weight is 348 g/mol. The van der Waals surface area contributed by atoms with E-state index in [-0.39, 0.29) is 0 Å². The molecule has 6 nitrogen and oxygen atoms in total.